The largest absolute Gasteiger partial charge is 0.495 e. The second-order valence-electron chi connectivity index (χ2n) is 8.18. The highest BCUT2D eigenvalue weighted by molar-refractivity contribution is 7.14. The van der Waals surface area contributed by atoms with E-state index in [0.717, 1.165) is 61.8 Å². The molecule has 0 saturated carbocycles. The van der Waals surface area contributed by atoms with Crippen LogP contribution in [0.5, 0.6) is 5.75 Å². The third-order valence-electron chi connectivity index (χ3n) is 6.07. The van der Waals surface area contributed by atoms with E-state index in [0.29, 0.717) is 0 Å². The molecule has 1 aromatic heterocycles. The zero-order chi connectivity index (χ0) is 21.3. The lowest BCUT2D eigenvalue weighted by Crippen LogP contribution is -2.51. The molecule has 1 saturated heterocycles. The van der Waals surface area contributed by atoms with Gasteiger partial charge in [-0.3, -0.25) is 9.59 Å². The van der Waals surface area contributed by atoms with Gasteiger partial charge in [0.15, 0.2) is 0 Å². The van der Waals surface area contributed by atoms with E-state index in [1.54, 1.807) is 37.4 Å². The molecule has 2 heterocycles. The molecule has 30 heavy (non-hydrogen) atoms. The highest BCUT2D eigenvalue weighted by Crippen LogP contribution is 2.34. The van der Waals surface area contributed by atoms with Crippen LogP contribution in [-0.2, 0) is 17.6 Å². The summed E-state index contributed by atoms with van der Waals surface area (Å²) in [6.45, 7) is 3.08. The molecule has 0 radical (unpaired) electrons. The smallest absolute Gasteiger partial charge is 0.263 e. The molecule has 160 valence electrons. The van der Waals surface area contributed by atoms with Crippen LogP contribution in [0.3, 0.4) is 0 Å². The van der Waals surface area contributed by atoms with Crippen molar-refractivity contribution in [1.29, 1.82) is 0 Å². The summed E-state index contributed by atoms with van der Waals surface area (Å²) in [5, 5.41) is 0. The molecule has 6 nitrogen and oxygen atoms in total. The van der Waals surface area contributed by atoms with Crippen LogP contribution in [0.25, 0.3) is 0 Å². The molecular weight excluding hydrogens is 398 g/mol. The Kier molecular flexibility index (Phi) is 5.99. The van der Waals surface area contributed by atoms with Gasteiger partial charge in [0.2, 0.25) is 5.91 Å². The number of rotatable bonds is 4. The Bertz CT molecular complexity index is 932. The molecular formula is C23H29N3O3S. The first-order valence-electron chi connectivity index (χ1n) is 10.5. The van der Waals surface area contributed by atoms with Gasteiger partial charge in [-0.2, -0.15) is 0 Å². The number of benzene rings is 1. The lowest BCUT2D eigenvalue weighted by Gasteiger charge is -2.38. The number of fused-ring (bicyclic) bond motifs is 1. The van der Waals surface area contributed by atoms with Gasteiger partial charge in [-0.05, 0) is 43.0 Å². The number of thiophene rings is 1. The monoisotopic (exact) mass is 427 g/mol. The van der Waals surface area contributed by atoms with E-state index < -0.39 is 0 Å². The van der Waals surface area contributed by atoms with E-state index in [-0.39, 0.29) is 17.7 Å². The molecule has 1 aliphatic carbocycles. The first-order valence-corrected chi connectivity index (χ1v) is 11.3. The van der Waals surface area contributed by atoms with Crippen molar-refractivity contribution in [3.8, 4) is 5.75 Å². The second kappa shape index (κ2) is 8.68. The molecule has 7 heteroatoms. The molecule has 4 rings (SSSR count). The molecule has 1 fully saturated rings. The van der Waals surface area contributed by atoms with Gasteiger partial charge >= 0.3 is 0 Å². The van der Waals surface area contributed by atoms with E-state index in [9.17, 15) is 9.59 Å². The zero-order valence-electron chi connectivity index (χ0n) is 17.9. The molecule has 2 amide bonds. The van der Waals surface area contributed by atoms with Crippen molar-refractivity contribution < 1.29 is 14.3 Å². The van der Waals surface area contributed by atoms with Crippen molar-refractivity contribution in [3.63, 3.8) is 0 Å². The van der Waals surface area contributed by atoms with Crippen LogP contribution in [0.15, 0.2) is 30.3 Å². The maximum atomic E-state index is 13.2. The van der Waals surface area contributed by atoms with Gasteiger partial charge < -0.3 is 19.4 Å². The van der Waals surface area contributed by atoms with Gasteiger partial charge in [0.05, 0.1) is 17.7 Å². The summed E-state index contributed by atoms with van der Waals surface area (Å²) >= 11 is 1.59. The van der Waals surface area contributed by atoms with Crippen molar-refractivity contribution in [2.75, 3.05) is 52.3 Å². The second-order valence-corrected chi connectivity index (χ2v) is 9.32. The van der Waals surface area contributed by atoms with Crippen LogP contribution in [0.4, 0.5) is 5.69 Å². The predicted molar refractivity (Wildman–Crippen MR) is 120 cm³/mol. The summed E-state index contributed by atoms with van der Waals surface area (Å²) in [5.41, 5.74) is 2.27. The molecule has 2 aromatic rings. The van der Waals surface area contributed by atoms with Crippen LogP contribution in [-0.4, -0.2) is 69.0 Å². The minimum Gasteiger partial charge on any atom is -0.495 e. The molecule has 2 aliphatic rings. The lowest BCUT2D eigenvalue weighted by molar-refractivity contribution is -0.136. The van der Waals surface area contributed by atoms with Gasteiger partial charge in [-0.1, -0.05) is 12.1 Å². The first kappa shape index (κ1) is 20.7. The minimum absolute atomic E-state index is 0.0206. The Morgan fingerprint density at radius 1 is 1.13 bits per heavy atom. The maximum Gasteiger partial charge on any atom is 0.263 e. The van der Waals surface area contributed by atoms with Gasteiger partial charge in [-0.15, -0.1) is 11.3 Å². The summed E-state index contributed by atoms with van der Waals surface area (Å²) in [4.78, 5) is 33.4. The van der Waals surface area contributed by atoms with Crippen LogP contribution < -0.4 is 9.64 Å². The zero-order valence-corrected chi connectivity index (χ0v) is 18.7. The molecule has 0 spiro atoms. The summed E-state index contributed by atoms with van der Waals surface area (Å²) in [6.07, 6.45) is 2.51. The average molecular weight is 428 g/mol. The normalized spacial score (nSPS) is 18.7. The number of carbonyl (C=O) groups is 2. The van der Waals surface area contributed by atoms with Crippen LogP contribution in [0.1, 0.15) is 26.5 Å². The fraction of sp³-hybridized carbons (Fsp3) is 0.478. The number of hydrogen-bond acceptors (Lipinski definition) is 5. The summed E-state index contributed by atoms with van der Waals surface area (Å²) in [6, 6.07) is 10.0. The SMILES string of the molecule is COc1ccccc1N1CCN(C(=O)C2CCc3sc(C(=O)N(C)C)cc3C2)CC1. The molecule has 1 unspecified atom stereocenters. The number of carbonyl (C=O) groups excluding carboxylic acids is 2. The van der Waals surface area contributed by atoms with E-state index >= 15 is 0 Å². The lowest BCUT2D eigenvalue weighted by atomic mass is 9.87. The van der Waals surface area contributed by atoms with Crippen molar-refractivity contribution in [2.45, 2.75) is 19.3 Å². The molecule has 1 aliphatic heterocycles. The Morgan fingerprint density at radius 2 is 1.87 bits per heavy atom. The number of methoxy groups -OCH3 is 1. The van der Waals surface area contributed by atoms with Crippen molar-refractivity contribution in [2.24, 2.45) is 5.92 Å². The summed E-state index contributed by atoms with van der Waals surface area (Å²) in [5.74, 6) is 1.20. The van der Waals surface area contributed by atoms with E-state index in [2.05, 4.69) is 11.0 Å². The van der Waals surface area contributed by atoms with Crippen molar-refractivity contribution in [1.82, 2.24) is 9.80 Å². The molecule has 0 N–H and O–H groups in total. The average Bonchev–Trinajstić information content (AvgIpc) is 3.21. The highest BCUT2D eigenvalue weighted by Gasteiger charge is 2.32. The Morgan fingerprint density at radius 3 is 2.57 bits per heavy atom. The maximum absolute atomic E-state index is 13.2. The summed E-state index contributed by atoms with van der Waals surface area (Å²) < 4.78 is 5.49. The third-order valence-corrected chi connectivity index (χ3v) is 7.29. The highest BCUT2D eigenvalue weighted by atomic mass is 32.1. The number of amides is 2. The fourth-order valence-electron chi connectivity index (χ4n) is 4.38. The van der Waals surface area contributed by atoms with Gasteiger partial charge in [0.25, 0.3) is 5.91 Å². The number of nitrogens with zero attached hydrogens (tertiary/aromatic N) is 3. The number of ether oxygens (including phenoxy) is 1. The van der Waals surface area contributed by atoms with E-state index in [1.807, 2.05) is 29.2 Å². The minimum atomic E-state index is 0.0206. The van der Waals surface area contributed by atoms with Crippen LogP contribution in [0.2, 0.25) is 0 Å². The Balaban J connectivity index is 1.38. The van der Waals surface area contributed by atoms with Crippen molar-refractivity contribution >= 4 is 28.8 Å². The van der Waals surface area contributed by atoms with Gasteiger partial charge in [0.1, 0.15) is 5.75 Å². The standard InChI is InChI=1S/C23H29N3O3S/c1-24(2)23(28)21-15-17-14-16(8-9-20(17)30-21)22(27)26-12-10-25(11-13-26)18-6-4-5-7-19(18)29-3/h4-7,15-16H,8-14H2,1-3H3. The fourth-order valence-corrected chi connectivity index (χ4v) is 5.61. The predicted octanol–water partition coefficient (Wildman–Crippen LogP) is 2.91. The van der Waals surface area contributed by atoms with Crippen LogP contribution >= 0.6 is 11.3 Å². The Hall–Kier alpha value is -2.54. The molecule has 1 atom stereocenters. The van der Waals surface area contributed by atoms with Gasteiger partial charge in [0, 0.05) is 51.1 Å². The van der Waals surface area contributed by atoms with E-state index in [1.165, 1.54) is 10.4 Å². The van der Waals surface area contributed by atoms with Crippen LogP contribution in [0, 0.1) is 5.92 Å². The Labute approximate surface area is 182 Å². The number of hydrogen-bond donors (Lipinski definition) is 0. The molecule has 1 aromatic carbocycles. The first-order chi connectivity index (χ1) is 14.5. The molecule has 0 bridgehead atoms. The number of piperazine rings is 1. The van der Waals surface area contributed by atoms with Gasteiger partial charge in [-0.25, -0.2) is 0 Å². The third kappa shape index (κ3) is 4.03. The van der Waals surface area contributed by atoms with E-state index in [4.69, 9.17) is 4.74 Å². The number of para-hydroxylation sites is 2. The summed E-state index contributed by atoms with van der Waals surface area (Å²) in [7, 11) is 5.24. The quantitative estimate of drug-likeness (QED) is 0.753. The van der Waals surface area contributed by atoms with Crippen molar-refractivity contribution in [3.05, 3.63) is 45.6 Å². The number of anilines is 1. The number of aryl methyl sites for hydroxylation is 1. The topological polar surface area (TPSA) is 53.1 Å².